The highest BCUT2D eigenvalue weighted by Gasteiger charge is 2.20. The van der Waals surface area contributed by atoms with Crippen molar-refractivity contribution < 1.29 is 9.90 Å². The van der Waals surface area contributed by atoms with Crippen LogP contribution in [0.4, 0.5) is 5.69 Å². The van der Waals surface area contributed by atoms with Crippen molar-refractivity contribution in [1.82, 2.24) is 4.90 Å². The molecule has 1 saturated heterocycles. The number of anilines is 1. The molecule has 1 aromatic carbocycles. The third kappa shape index (κ3) is 4.35. The fourth-order valence-corrected chi connectivity index (χ4v) is 2.72. The standard InChI is InChI=1S/C14H18Cl2N2O2/c15-12-4-3-11(6-13(12)16)17-14(20)8-18-5-1-2-10(7-18)9-19/h3-4,6,10,19H,1-2,5,7-9H2,(H,17,20). The second-order valence-corrected chi connectivity index (χ2v) is 5.92. The highest BCUT2D eigenvalue weighted by molar-refractivity contribution is 6.42. The van der Waals surface area contributed by atoms with Gasteiger partial charge in [0.1, 0.15) is 0 Å². The number of nitrogens with one attached hydrogen (secondary N) is 1. The van der Waals surface area contributed by atoms with Crippen LogP contribution >= 0.6 is 23.2 Å². The third-order valence-corrected chi connectivity index (χ3v) is 4.17. The topological polar surface area (TPSA) is 52.6 Å². The molecular formula is C14H18Cl2N2O2. The molecule has 1 fully saturated rings. The van der Waals surface area contributed by atoms with Gasteiger partial charge in [-0.15, -0.1) is 0 Å². The largest absolute Gasteiger partial charge is 0.396 e. The molecule has 6 heteroatoms. The van der Waals surface area contributed by atoms with E-state index in [1.807, 2.05) is 0 Å². The number of rotatable bonds is 4. The molecule has 0 radical (unpaired) electrons. The Morgan fingerprint density at radius 2 is 2.20 bits per heavy atom. The van der Waals surface area contributed by atoms with Crippen LogP contribution in [0, 0.1) is 5.92 Å². The summed E-state index contributed by atoms with van der Waals surface area (Å²) in [5, 5.41) is 12.9. The fourth-order valence-electron chi connectivity index (χ4n) is 2.42. The van der Waals surface area contributed by atoms with Crippen LogP contribution in [0.2, 0.25) is 10.0 Å². The zero-order valence-corrected chi connectivity index (χ0v) is 12.6. The first-order valence-electron chi connectivity index (χ1n) is 6.66. The zero-order valence-electron chi connectivity index (χ0n) is 11.1. The molecule has 2 rings (SSSR count). The molecule has 0 saturated carbocycles. The van der Waals surface area contributed by atoms with Gasteiger partial charge in [0.15, 0.2) is 0 Å². The third-order valence-electron chi connectivity index (χ3n) is 3.43. The van der Waals surface area contributed by atoms with Gasteiger partial charge in [0.25, 0.3) is 0 Å². The number of halogens is 2. The van der Waals surface area contributed by atoms with Crippen molar-refractivity contribution in [1.29, 1.82) is 0 Å². The van der Waals surface area contributed by atoms with Crippen molar-refractivity contribution in [2.75, 3.05) is 31.6 Å². The van der Waals surface area contributed by atoms with Crippen molar-refractivity contribution in [3.63, 3.8) is 0 Å². The van der Waals surface area contributed by atoms with E-state index in [0.29, 0.717) is 22.3 Å². The predicted octanol–water partition coefficient (Wildman–Crippen LogP) is 2.64. The Hall–Kier alpha value is -0.810. The van der Waals surface area contributed by atoms with Crippen LogP contribution in [0.15, 0.2) is 18.2 Å². The molecule has 1 aliphatic heterocycles. The first kappa shape index (κ1) is 15.6. The highest BCUT2D eigenvalue weighted by atomic mass is 35.5. The average molecular weight is 317 g/mol. The summed E-state index contributed by atoms with van der Waals surface area (Å²) in [6, 6.07) is 5.01. The van der Waals surface area contributed by atoms with E-state index in [2.05, 4.69) is 10.2 Å². The van der Waals surface area contributed by atoms with Gasteiger partial charge in [-0.05, 0) is 43.5 Å². The quantitative estimate of drug-likeness (QED) is 0.897. The van der Waals surface area contributed by atoms with Crippen molar-refractivity contribution in [3.8, 4) is 0 Å². The van der Waals surface area contributed by atoms with Crippen LogP contribution in [-0.4, -0.2) is 42.2 Å². The normalized spacial score (nSPS) is 19.9. The lowest BCUT2D eigenvalue weighted by atomic mass is 9.99. The first-order chi connectivity index (χ1) is 9.58. The van der Waals surface area contributed by atoms with Gasteiger partial charge in [-0.3, -0.25) is 9.69 Å². The summed E-state index contributed by atoms with van der Waals surface area (Å²) < 4.78 is 0. The molecule has 0 spiro atoms. The molecule has 110 valence electrons. The highest BCUT2D eigenvalue weighted by Crippen LogP contribution is 2.25. The van der Waals surface area contributed by atoms with E-state index < -0.39 is 0 Å². The Labute approximate surface area is 128 Å². The summed E-state index contributed by atoms with van der Waals surface area (Å²) in [7, 11) is 0. The molecule has 20 heavy (non-hydrogen) atoms. The van der Waals surface area contributed by atoms with Crippen LogP contribution in [0.25, 0.3) is 0 Å². The smallest absolute Gasteiger partial charge is 0.238 e. The van der Waals surface area contributed by atoms with Gasteiger partial charge in [0.2, 0.25) is 5.91 Å². The zero-order chi connectivity index (χ0) is 14.5. The number of carbonyl (C=O) groups is 1. The van der Waals surface area contributed by atoms with Gasteiger partial charge in [0.05, 0.1) is 16.6 Å². The number of aliphatic hydroxyl groups excluding tert-OH is 1. The van der Waals surface area contributed by atoms with Gasteiger partial charge in [0, 0.05) is 18.8 Å². The predicted molar refractivity (Wildman–Crippen MR) is 81.3 cm³/mol. The Balaban J connectivity index is 1.87. The maximum Gasteiger partial charge on any atom is 0.238 e. The molecule has 0 bridgehead atoms. The second-order valence-electron chi connectivity index (χ2n) is 5.10. The summed E-state index contributed by atoms with van der Waals surface area (Å²) in [6.07, 6.45) is 2.05. The fraction of sp³-hybridized carbons (Fsp3) is 0.500. The van der Waals surface area contributed by atoms with Gasteiger partial charge < -0.3 is 10.4 Å². The first-order valence-corrected chi connectivity index (χ1v) is 7.42. The van der Waals surface area contributed by atoms with E-state index in [4.69, 9.17) is 23.2 Å². The Kier molecular flexibility index (Phi) is 5.66. The number of nitrogens with zero attached hydrogens (tertiary/aromatic N) is 1. The summed E-state index contributed by atoms with van der Waals surface area (Å²) in [5.41, 5.74) is 0.639. The molecule has 4 nitrogen and oxygen atoms in total. The molecule has 0 aromatic heterocycles. The minimum absolute atomic E-state index is 0.0815. The van der Waals surface area contributed by atoms with E-state index in [0.717, 1.165) is 25.9 Å². The van der Waals surface area contributed by atoms with E-state index >= 15 is 0 Å². The van der Waals surface area contributed by atoms with Gasteiger partial charge >= 0.3 is 0 Å². The summed E-state index contributed by atoms with van der Waals surface area (Å²) >= 11 is 11.7. The number of hydrogen-bond donors (Lipinski definition) is 2. The monoisotopic (exact) mass is 316 g/mol. The number of benzene rings is 1. The van der Waals surface area contributed by atoms with E-state index in [-0.39, 0.29) is 18.4 Å². The summed E-state index contributed by atoms with van der Waals surface area (Å²) in [4.78, 5) is 14.0. The Bertz CT molecular complexity index is 482. The second kappa shape index (κ2) is 7.27. The molecule has 1 unspecified atom stereocenters. The summed E-state index contributed by atoms with van der Waals surface area (Å²) in [6.45, 7) is 2.18. The SMILES string of the molecule is O=C(CN1CCCC(CO)C1)Nc1ccc(Cl)c(Cl)c1. The lowest BCUT2D eigenvalue weighted by Gasteiger charge is -2.31. The molecule has 1 heterocycles. The minimum atomic E-state index is -0.0815. The number of carbonyl (C=O) groups excluding carboxylic acids is 1. The van der Waals surface area contributed by atoms with Gasteiger partial charge in [-0.1, -0.05) is 23.2 Å². The van der Waals surface area contributed by atoms with Crippen molar-refractivity contribution in [3.05, 3.63) is 28.2 Å². The maximum atomic E-state index is 12.0. The molecule has 1 atom stereocenters. The molecule has 1 aromatic rings. The van der Waals surface area contributed by atoms with Crippen LogP contribution in [0.3, 0.4) is 0 Å². The Morgan fingerprint density at radius 1 is 1.40 bits per heavy atom. The molecule has 1 aliphatic rings. The number of hydrogen-bond acceptors (Lipinski definition) is 3. The van der Waals surface area contributed by atoms with E-state index in [1.165, 1.54) is 0 Å². The van der Waals surface area contributed by atoms with Crippen LogP contribution in [0.1, 0.15) is 12.8 Å². The van der Waals surface area contributed by atoms with Gasteiger partial charge in [-0.2, -0.15) is 0 Å². The average Bonchev–Trinajstić information content (AvgIpc) is 2.43. The maximum absolute atomic E-state index is 12.0. The molecule has 1 amide bonds. The Morgan fingerprint density at radius 3 is 2.90 bits per heavy atom. The number of likely N-dealkylation sites (tertiary alicyclic amines) is 1. The van der Waals surface area contributed by atoms with Crippen LogP contribution < -0.4 is 5.32 Å². The van der Waals surface area contributed by atoms with Crippen molar-refractivity contribution in [2.24, 2.45) is 5.92 Å². The number of piperidine rings is 1. The molecular weight excluding hydrogens is 299 g/mol. The number of aliphatic hydroxyl groups is 1. The molecule has 2 N–H and O–H groups in total. The molecule has 0 aliphatic carbocycles. The lowest BCUT2D eigenvalue weighted by molar-refractivity contribution is -0.117. The van der Waals surface area contributed by atoms with E-state index in [9.17, 15) is 9.90 Å². The summed E-state index contributed by atoms with van der Waals surface area (Å²) in [5.74, 6) is 0.198. The number of amides is 1. The lowest BCUT2D eigenvalue weighted by Crippen LogP contribution is -2.41. The van der Waals surface area contributed by atoms with E-state index in [1.54, 1.807) is 18.2 Å². The van der Waals surface area contributed by atoms with Crippen LogP contribution in [0.5, 0.6) is 0 Å². The van der Waals surface area contributed by atoms with Crippen molar-refractivity contribution >= 4 is 34.8 Å². The minimum Gasteiger partial charge on any atom is -0.396 e. The van der Waals surface area contributed by atoms with Crippen molar-refractivity contribution in [2.45, 2.75) is 12.8 Å². The van der Waals surface area contributed by atoms with Gasteiger partial charge in [-0.25, -0.2) is 0 Å². The van der Waals surface area contributed by atoms with Crippen LogP contribution in [-0.2, 0) is 4.79 Å².